The average molecular weight is 581 g/mol. The van der Waals surface area contributed by atoms with Crippen molar-refractivity contribution in [1.29, 1.82) is 5.26 Å². The van der Waals surface area contributed by atoms with Crippen molar-refractivity contribution in [2.75, 3.05) is 5.32 Å². The highest BCUT2D eigenvalue weighted by Crippen LogP contribution is 2.36. The number of hydrogen-bond donors (Lipinski definition) is 1. The molecule has 0 spiro atoms. The zero-order valence-electron chi connectivity index (χ0n) is 15.8. The number of nitrogens with one attached hydrogen (secondary N) is 1. The molecule has 3 aromatic carbocycles. The molecule has 0 aliphatic rings. The van der Waals surface area contributed by atoms with Crippen molar-refractivity contribution in [2.24, 2.45) is 0 Å². The van der Waals surface area contributed by atoms with E-state index in [0.29, 0.717) is 42.6 Å². The van der Waals surface area contributed by atoms with E-state index >= 15 is 0 Å². The average Bonchev–Trinajstić information content (AvgIpc) is 2.73. The standard InChI is InChI=1S/C23H14Br2Cl2N2O2/c24-18-10-15(8-16(12-28)23(30)29-21-7-2-1-6-20(21)27)11-19(25)22(18)31-13-14-4-3-5-17(26)9-14/h1-11H,13H2,(H,29,30)/b16-8+. The highest BCUT2D eigenvalue weighted by molar-refractivity contribution is 9.11. The molecule has 0 radical (unpaired) electrons. The van der Waals surface area contributed by atoms with Gasteiger partial charge in [-0.05, 0) is 85.5 Å². The van der Waals surface area contributed by atoms with Crippen molar-refractivity contribution in [3.8, 4) is 11.8 Å². The Morgan fingerprint density at radius 3 is 2.42 bits per heavy atom. The summed E-state index contributed by atoms with van der Waals surface area (Å²) in [6.07, 6.45) is 1.49. The van der Waals surface area contributed by atoms with Gasteiger partial charge in [-0.1, -0.05) is 47.5 Å². The maximum absolute atomic E-state index is 12.5. The van der Waals surface area contributed by atoms with Gasteiger partial charge in [-0.15, -0.1) is 0 Å². The smallest absolute Gasteiger partial charge is 0.266 e. The number of nitrogens with zero attached hydrogens (tertiary/aromatic N) is 1. The molecule has 0 aliphatic heterocycles. The van der Waals surface area contributed by atoms with Crippen LogP contribution in [-0.4, -0.2) is 5.91 Å². The van der Waals surface area contributed by atoms with Crippen LogP contribution in [0.2, 0.25) is 10.0 Å². The van der Waals surface area contributed by atoms with E-state index in [9.17, 15) is 10.1 Å². The molecule has 0 aliphatic carbocycles. The highest BCUT2D eigenvalue weighted by atomic mass is 79.9. The van der Waals surface area contributed by atoms with Crippen molar-refractivity contribution in [2.45, 2.75) is 6.61 Å². The molecule has 4 nitrogen and oxygen atoms in total. The molecule has 0 saturated carbocycles. The molecule has 8 heteroatoms. The molecule has 31 heavy (non-hydrogen) atoms. The van der Waals surface area contributed by atoms with E-state index in [0.717, 1.165) is 5.56 Å². The SMILES string of the molecule is N#C/C(=C\c1cc(Br)c(OCc2cccc(Cl)c2)c(Br)c1)C(=O)Nc1ccccc1Cl. The van der Waals surface area contributed by atoms with E-state index in [2.05, 4.69) is 37.2 Å². The van der Waals surface area contributed by atoms with Gasteiger partial charge in [0.2, 0.25) is 0 Å². The fourth-order valence-corrected chi connectivity index (χ4v) is 4.50. The van der Waals surface area contributed by atoms with Crippen LogP contribution >= 0.6 is 55.1 Å². The molecule has 3 rings (SSSR count). The van der Waals surface area contributed by atoms with Crippen LogP contribution in [0, 0.1) is 11.3 Å². The fraction of sp³-hybridized carbons (Fsp3) is 0.0435. The summed E-state index contributed by atoms with van der Waals surface area (Å²) in [7, 11) is 0. The van der Waals surface area contributed by atoms with Gasteiger partial charge in [0.15, 0.2) is 0 Å². The number of benzene rings is 3. The molecule has 0 heterocycles. The second-order valence-electron chi connectivity index (χ2n) is 6.34. The Kier molecular flexibility index (Phi) is 8.16. The van der Waals surface area contributed by atoms with Gasteiger partial charge in [-0.25, -0.2) is 0 Å². The number of ether oxygens (including phenoxy) is 1. The van der Waals surface area contributed by atoms with Crippen LogP contribution in [0.5, 0.6) is 5.75 Å². The molecule has 0 fully saturated rings. The van der Waals surface area contributed by atoms with Crippen molar-refractivity contribution in [3.05, 3.63) is 96.4 Å². The summed E-state index contributed by atoms with van der Waals surface area (Å²) < 4.78 is 7.23. The van der Waals surface area contributed by atoms with Crippen LogP contribution in [0.3, 0.4) is 0 Å². The minimum absolute atomic E-state index is 0.0636. The fourth-order valence-electron chi connectivity index (χ4n) is 2.65. The van der Waals surface area contributed by atoms with Gasteiger partial charge in [0, 0.05) is 5.02 Å². The van der Waals surface area contributed by atoms with Crippen LogP contribution in [0.25, 0.3) is 6.08 Å². The summed E-state index contributed by atoms with van der Waals surface area (Å²) in [6.45, 7) is 0.330. The summed E-state index contributed by atoms with van der Waals surface area (Å²) in [6, 6.07) is 19.7. The van der Waals surface area contributed by atoms with Gasteiger partial charge in [-0.3, -0.25) is 4.79 Å². The minimum atomic E-state index is -0.552. The maximum atomic E-state index is 12.5. The predicted octanol–water partition coefficient (Wildman–Crippen LogP) is 7.64. The van der Waals surface area contributed by atoms with E-state index in [1.165, 1.54) is 6.08 Å². The highest BCUT2D eigenvalue weighted by Gasteiger charge is 2.14. The number of carbonyl (C=O) groups excluding carboxylic acids is 1. The van der Waals surface area contributed by atoms with Gasteiger partial charge >= 0.3 is 0 Å². The maximum Gasteiger partial charge on any atom is 0.266 e. The third-order valence-electron chi connectivity index (χ3n) is 4.09. The summed E-state index contributed by atoms with van der Waals surface area (Å²) in [5.41, 5.74) is 1.94. The number of halogens is 4. The molecule has 1 N–H and O–H groups in total. The van der Waals surface area contributed by atoms with Gasteiger partial charge in [0.25, 0.3) is 5.91 Å². The lowest BCUT2D eigenvalue weighted by Crippen LogP contribution is -2.13. The van der Waals surface area contributed by atoms with Crippen LogP contribution < -0.4 is 10.1 Å². The Balaban J connectivity index is 1.78. The number of rotatable bonds is 6. The summed E-state index contributed by atoms with van der Waals surface area (Å²) in [5, 5.41) is 13.1. The first-order chi connectivity index (χ1) is 14.9. The van der Waals surface area contributed by atoms with Crippen LogP contribution in [0.15, 0.2) is 75.2 Å². The molecule has 0 atom stereocenters. The zero-order valence-corrected chi connectivity index (χ0v) is 20.5. The molecule has 3 aromatic rings. The first-order valence-corrected chi connectivity index (χ1v) is 11.3. The van der Waals surface area contributed by atoms with Crippen LogP contribution in [0.1, 0.15) is 11.1 Å². The van der Waals surface area contributed by atoms with Crippen molar-refractivity contribution < 1.29 is 9.53 Å². The van der Waals surface area contributed by atoms with Gasteiger partial charge in [-0.2, -0.15) is 5.26 Å². The van der Waals surface area contributed by atoms with E-state index in [1.807, 2.05) is 24.3 Å². The lowest BCUT2D eigenvalue weighted by Gasteiger charge is -2.12. The Bertz CT molecular complexity index is 1180. The molecular weight excluding hydrogens is 567 g/mol. The normalized spacial score (nSPS) is 11.0. The minimum Gasteiger partial charge on any atom is -0.487 e. The predicted molar refractivity (Wildman–Crippen MR) is 131 cm³/mol. The number of hydrogen-bond acceptors (Lipinski definition) is 3. The molecule has 0 saturated heterocycles. The topological polar surface area (TPSA) is 62.1 Å². The third kappa shape index (κ3) is 6.34. The Morgan fingerprint density at radius 1 is 1.06 bits per heavy atom. The first kappa shape index (κ1) is 23.4. The molecule has 1 amide bonds. The number of para-hydroxylation sites is 1. The Hall–Kier alpha value is -2.30. The van der Waals surface area contributed by atoms with Crippen LogP contribution in [0.4, 0.5) is 5.69 Å². The van der Waals surface area contributed by atoms with Gasteiger partial charge in [0.05, 0.1) is 19.7 Å². The Morgan fingerprint density at radius 2 is 1.77 bits per heavy atom. The first-order valence-electron chi connectivity index (χ1n) is 8.91. The molecule has 0 aromatic heterocycles. The summed E-state index contributed by atoms with van der Waals surface area (Å²) >= 11 is 19.1. The second kappa shape index (κ2) is 10.8. The molecule has 0 bridgehead atoms. The molecular formula is C23H14Br2Cl2N2O2. The monoisotopic (exact) mass is 578 g/mol. The Labute approximate surface area is 206 Å². The van der Waals surface area contributed by atoms with E-state index in [-0.39, 0.29) is 5.57 Å². The zero-order chi connectivity index (χ0) is 22.4. The van der Waals surface area contributed by atoms with Gasteiger partial charge in [0.1, 0.15) is 24.0 Å². The summed E-state index contributed by atoms with van der Waals surface area (Å²) in [5.74, 6) is 0.0419. The van der Waals surface area contributed by atoms with E-state index in [4.69, 9.17) is 27.9 Å². The quantitative estimate of drug-likeness (QED) is 0.241. The van der Waals surface area contributed by atoms with E-state index in [1.54, 1.807) is 42.5 Å². The number of amides is 1. The van der Waals surface area contributed by atoms with Crippen molar-refractivity contribution in [1.82, 2.24) is 0 Å². The number of anilines is 1. The van der Waals surface area contributed by atoms with Crippen molar-refractivity contribution in [3.63, 3.8) is 0 Å². The van der Waals surface area contributed by atoms with E-state index < -0.39 is 5.91 Å². The lowest BCUT2D eigenvalue weighted by atomic mass is 10.1. The molecule has 156 valence electrons. The molecule has 0 unspecified atom stereocenters. The van der Waals surface area contributed by atoms with Crippen molar-refractivity contribution >= 4 is 72.7 Å². The number of carbonyl (C=O) groups is 1. The van der Waals surface area contributed by atoms with Gasteiger partial charge < -0.3 is 10.1 Å². The lowest BCUT2D eigenvalue weighted by molar-refractivity contribution is -0.112. The second-order valence-corrected chi connectivity index (χ2v) is 8.89. The largest absolute Gasteiger partial charge is 0.487 e. The third-order valence-corrected chi connectivity index (χ3v) is 5.83. The summed E-state index contributed by atoms with van der Waals surface area (Å²) in [4.78, 5) is 12.5. The number of nitriles is 1. The van der Waals surface area contributed by atoms with Crippen LogP contribution in [-0.2, 0) is 11.4 Å².